The van der Waals surface area contributed by atoms with Gasteiger partial charge in [0.2, 0.25) is 5.91 Å². The van der Waals surface area contributed by atoms with Gasteiger partial charge in [0.15, 0.2) is 0 Å². The minimum absolute atomic E-state index is 0.104. The molecule has 1 saturated heterocycles. The van der Waals surface area contributed by atoms with Crippen molar-refractivity contribution in [3.63, 3.8) is 0 Å². The molecule has 5 rings (SSSR count). The van der Waals surface area contributed by atoms with E-state index in [1.165, 1.54) is 11.3 Å². The zero-order chi connectivity index (χ0) is 24.5. The van der Waals surface area contributed by atoms with Crippen LogP contribution in [0.5, 0.6) is 0 Å². The van der Waals surface area contributed by atoms with Crippen LogP contribution in [0, 0.1) is 0 Å². The van der Waals surface area contributed by atoms with E-state index in [9.17, 15) is 14.4 Å². The van der Waals surface area contributed by atoms with Crippen molar-refractivity contribution in [2.75, 3.05) is 36.4 Å². The minimum Gasteiger partial charge on any atom is -0.368 e. The number of nitrogens with one attached hydrogen (secondary N) is 1. The third-order valence-corrected chi connectivity index (χ3v) is 7.19. The molecular formula is C27H27ClN4O3. The van der Waals surface area contributed by atoms with Gasteiger partial charge in [-0.25, -0.2) is 0 Å². The Morgan fingerprint density at radius 2 is 1.71 bits per heavy atom. The van der Waals surface area contributed by atoms with Crippen molar-refractivity contribution in [2.45, 2.75) is 25.8 Å². The average Bonchev–Trinajstić information content (AvgIpc) is 3.30. The van der Waals surface area contributed by atoms with E-state index < -0.39 is 5.91 Å². The summed E-state index contributed by atoms with van der Waals surface area (Å²) >= 11 is 5.92. The van der Waals surface area contributed by atoms with Crippen molar-refractivity contribution in [3.05, 3.63) is 92.9 Å². The van der Waals surface area contributed by atoms with Crippen molar-refractivity contribution in [2.24, 2.45) is 0 Å². The number of piperazine rings is 1. The van der Waals surface area contributed by atoms with E-state index in [2.05, 4.69) is 22.3 Å². The number of rotatable bonds is 4. The number of amides is 2. The van der Waals surface area contributed by atoms with Crippen LogP contribution in [0.4, 0.5) is 11.4 Å². The van der Waals surface area contributed by atoms with Gasteiger partial charge in [0, 0.05) is 55.7 Å². The van der Waals surface area contributed by atoms with E-state index in [-0.39, 0.29) is 23.1 Å². The molecule has 2 aromatic carbocycles. The third kappa shape index (κ3) is 4.56. The molecule has 8 heteroatoms. The molecule has 1 aliphatic heterocycles. The summed E-state index contributed by atoms with van der Waals surface area (Å²) in [6, 6.07) is 16.2. The molecule has 0 saturated carbocycles. The SMILES string of the molecule is CC(=O)N1CCN(c2cccc3c2CCC3n2cccc(C(=O)Nc3ccc(Cl)cc3)c2=O)CC1. The number of hydrogen-bond donors (Lipinski definition) is 1. The highest BCUT2D eigenvalue weighted by Crippen LogP contribution is 2.39. The van der Waals surface area contributed by atoms with Crippen molar-refractivity contribution >= 4 is 34.8 Å². The number of pyridine rings is 1. The third-order valence-electron chi connectivity index (χ3n) is 6.94. The Morgan fingerprint density at radius 1 is 0.971 bits per heavy atom. The van der Waals surface area contributed by atoms with E-state index in [0.29, 0.717) is 23.8 Å². The first-order chi connectivity index (χ1) is 16.9. The van der Waals surface area contributed by atoms with Gasteiger partial charge in [0.05, 0.1) is 6.04 Å². The molecule has 1 N–H and O–H groups in total. The molecule has 1 aliphatic carbocycles. The number of fused-ring (bicyclic) bond motifs is 1. The number of carbonyl (C=O) groups is 2. The molecule has 0 bridgehead atoms. The van der Waals surface area contributed by atoms with Gasteiger partial charge in [-0.15, -0.1) is 0 Å². The Hall–Kier alpha value is -3.58. The fourth-order valence-corrected chi connectivity index (χ4v) is 5.25. The van der Waals surface area contributed by atoms with Crippen LogP contribution in [0.2, 0.25) is 5.02 Å². The predicted molar refractivity (Wildman–Crippen MR) is 137 cm³/mol. The lowest BCUT2D eigenvalue weighted by atomic mass is 10.0. The first-order valence-electron chi connectivity index (χ1n) is 11.8. The van der Waals surface area contributed by atoms with Gasteiger partial charge in [0.25, 0.3) is 11.5 Å². The van der Waals surface area contributed by atoms with Crippen LogP contribution < -0.4 is 15.8 Å². The Labute approximate surface area is 208 Å². The molecule has 2 amide bonds. The lowest BCUT2D eigenvalue weighted by molar-refractivity contribution is -0.129. The Morgan fingerprint density at radius 3 is 2.43 bits per heavy atom. The Kier molecular flexibility index (Phi) is 6.34. The normalized spacial score (nSPS) is 17.3. The van der Waals surface area contributed by atoms with Crippen molar-refractivity contribution in [1.29, 1.82) is 0 Å². The monoisotopic (exact) mass is 490 g/mol. The molecule has 180 valence electrons. The van der Waals surface area contributed by atoms with Gasteiger partial charge < -0.3 is 19.7 Å². The van der Waals surface area contributed by atoms with Gasteiger partial charge in [0.1, 0.15) is 5.56 Å². The van der Waals surface area contributed by atoms with E-state index >= 15 is 0 Å². The van der Waals surface area contributed by atoms with Gasteiger partial charge >= 0.3 is 0 Å². The average molecular weight is 491 g/mol. The van der Waals surface area contributed by atoms with Gasteiger partial charge in [-0.2, -0.15) is 0 Å². The second-order valence-corrected chi connectivity index (χ2v) is 9.42. The molecule has 1 unspecified atom stereocenters. The molecule has 1 fully saturated rings. The number of aromatic nitrogens is 1. The van der Waals surface area contributed by atoms with E-state index in [1.807, 2.05) is 11.0 Å². The number of carbonyl (C=O) groups excluding carboxylic acids is 2. The lowest BCUT2D eigenvalue weighted by Crippen LogP contribution is -2.48. The number of hydrogen-bond acceptors (Lipinski definition) is 4. The van der Waals surface area contributed by atoms with Crippen LogP contribution >= 0.6 is 11.6 Å². The largest absolute Gasteiger partial charge is 0.368 e. The summed E-state index contributed by atoms with van der Waals surface area (Å²) < 4.78 is 1.68. The summed E-state index contributed by atoms with van der Waals surface area (Å²) in [6.45, 7) is 4.63. The Balaban J connectivity index is 1.40. The van der Waals surface area contributed by atoms with Crippen molar-refractivity contribution in [3.8, 4) is 0 Å². The molecule has 35 heavy (non-hydrogen) atoms. The van der Waals surface area contributed by atoms with Crippen LogP contribution in [0.3, 0.4) is 0 Å². The standard InChI is InChI=1S/C27H27ClN4O3/c1-18(33)30-14-16-31(17-15-30)24-6-2-4-21-22(24)11-12-25(21)32-13-3-5-23(27(32)35)26(34)29-20-9-7-19(28)8-10-20/h2-10,13,25H,11-12,14-17H2,1H3,(H,29,34). The van der Waals surface area contributed by atoms with Gasteiger partial charge in [-0.1, -0.05) is 23.7 Å². The predicted octanol–water partition coefficient (Wildman–Crippen LogP) is 3.96. The molecule has 0 radical (unpaired) electrons. The smallest absolute Gasteiger partial charge is 0.263 e. The van der Waals surface area contributed by atoms with E-state index in [1.54, 1.807) is 54.1 Å². The van der Waals surface area contributed by atoms with E-state index in [4.69, 9.17) is 11.6 Å². The van der Waals surface area contributed by atoms with Crippen LogP contribution in [-0.2, 0) is 11.2 Å². The lowest BCUT2D eigenvalue weighted by Gasteiger charge is -2.36. The highest BCUT2D eigenvalue weighted by molar-refractivity contribution is 6.30. The van der Waals surface area contributed by atoms with Gasteiger partial charge in [-0.3, -0.25) is 14.4 Å². The van der Waals surface area contributed by atoms with Crippen LogP contribution in [0.25, 0.3) is 0 Å². The van der Waals surface area contributed by atoms with Crippen LogP contribution in [0.1, 0.15) is 40.9 Å². The molecule has 2 aliphatic rings. The van der Waals surface area contributed by atoms with Crippen molar-refractivity contribution < 1.29 is 9.59 Å². The topological polar surface area (TPSA) is 74.7 Å². The number of nitrogens with zero attached hydrogens (tertiary/aromatic N) is 3. The molecule has 1 aromatic heterocycles. The fraction of sp³-hybridized carbons (Fsp3) is 0.296. The Bertz CT molecular complexity index is 1330. The maximum absolute atomic E-state index is 13.4. The second kappa shape index (κ2) is 9.58. The number of halogens is 1. The first-order valence-corrected chi connectivity index (χ1v) is 12.2. The summed E-state index contributed by atoms with van der Waals surface area (Å²) in [5, 5.41) is 3.36. The molecule has 1 atom stereocenters. The van der Waals surface area contributed by atoms with E-state index in [0.717, 1.165) is 31.5 Å². The molecule has 3 aromatic rings. The van der Waals surface area contributed by atoms with Crippen LogP contribution in [-0.4, -0.2) is 47.5 Å². The van der Waals surface area contributed by atoms with Crippen LogP contribution in [0.15, 0.2) is 65.6 Å². The maximum Gasteiger partial charge on any atom is 0.263 e. The zero-order valence-corrected chi connectivity index (χ0v) is 20.3. The summed E-state index contributed by atoms with van der Waals surface area (Å²) in [5.74, 6) is -0.329. The summed E-state index contributed by atoms with van der Waals surface area (Å²) in [4.78, 5) is 42.2. The highest BCUT2D eigenvalue weighted by atomic mass is 35.5. The quantitative estimate of drug-likeness (QED) is 0.600. The van der Waals surface area contributed by atoms with Gasteiger partial charge in [-0.05, 0) is 66.4 Å². The molecule has 7 nitrogen and oxygen atoms in total. The highest BCUT2D eigenvalue weighted by Gasteiger charge is 2.30. The first kappa shape index (κ1) is 23.2. The summed E-state index contributed by atoms with van der Waals surface area (Å²) in [5.41, 5.74) is 3.92. The zero-order valence-electron chi connectivity index (χ0n) is 19.5. The fourth-order valence-electron chi connectivity index (χ4n) is 5.12. The summed E-state index contributed by atoms with van der Waals surface area (Å²) in [6.07, 6.45) is 3.41. The molecule has 0 spiro atoms. The summed E-state index contributed by atoms with van der Waals surface area (Å²) in [7, 11) is 0. The molecule has 2 heterocycles. The number of benzene rings is 2. The number of anilines is 2. The maximum atomic E-state index is 13.4. The minimum atomic E-state index is -0.443. The second-order valence-electron chi connectivity index (χ2n) is 8.99. The molecular weight excluding hydrogens is 464 g/mol. The van der Waals surface area contributed by atoms with Crippen molar-refractivity contribution in [1.82, 2.24) is 9.47 Å².